The highest BCUT2D eigenvalue weighted by Gasteiger charge is 2.63. The number of pyridine rings is 1. The second-order valence-corrected chi connectivity index (χ2v) is 19.9. The van der Waals surface area contributed by atoms with Crippen LogP contribution >= 0.6 is 0 Å². The van der Waals surface area contributed by atoms with E-state index < -0.39 is 85.9 Å². The first kappa shape index (κ1) is 43.5. The molecule has 1 aromatic heterocycles. The lowest BCUT2D eigenvalue weighted by Gasteiger charge is -2.34. The summed E-state index contributed by atoms with van der Waals surface area (Å²) in [6, 6.07) is 2.88. The number of alkyl halides is 3. The van der Waals surface area contributed by atoms with Crippen molar-refractivity contribution >= 4 is 44.6 Å². The molecule has 328 valence electrons. The molecule has 4 heterocycles. The van der Waals surface area contributed by atoms with Crippen LogP contribution < -0.4 is 24.8 Å². The van der Waals surface area contributed by atoms with E-state index in [1.54, 1.807) is 26.1 Å². The Hall–Kier alpha value is -4.61. The fraction of sp³-hybridized carbons (Fsp3) is 0.643. The lowest BCUT2D eigenvalue weighted by atomic mass is 9.88. The van der Waals surface area contributed by atoms with Crippen LogP contribution in [0.15, 0.2) is 36.5 Å². The molecule has 0 radical (unpaired) electrons. The molecule has 5 aliphatic rings. The van der Waals surface area contributed by atoms with E-state index in [2.05, 4.69) is 20.3 Å². The molecule has 7 atom stereocenters. The fourth-order valence-electron chi connectivity index (χ4n) is 8.84. The molecule has 2 aromatic rings. The van der Waals surface area contributed by atoms with Gasteiger partial charge in [0.25, 0.3) is 5.91 Å². The van der Waals surface area contributed by atoms with Crippen LogP contribution in [-0.2, 0) is 35.6 Å². The molecule has 0 unspecified atom stereocenters. The third-order valence-electron chi connectivity index (χ3n) is 13.0. The molecular weight excluding hydrogens is 808 g/mol. The summed E-state index contributed by atoms with van der Waals surface area (Å²) in [6.45, 7) is 7.14. The Morgan fingerprint density at radius 1 is 1.10 bits per heavy atom. The number of rotatable bonds is 8. The topological polar surface area (TPSA) is 182 Å². The molecule has 18 heteroatoms. The third-order valence-corrected chi connectivity index (χ3v) is 15.3. The number of amides is 4. The van der Waals surface area contributed by atoms with Gasteiger partial charge in [0.1, 0.15) is 29.5 Å². The Labute approximate surface area is 347 Å². The van der Waals surface area contributed by atoms with Gasteiger partial charge in [0.15, 0.2) is 0 Å². The van der Waals surface area contributed by atoms with Crippen molar-refractivity contribution in [3.8, 4) is 11.6 Å². The van der Waals surface area contributed by atoms with Crippen LogP contribution in [0.4, 0.5) is 18.0 Å². The molecule has 1 saturated heterocycles. The second kappa shape index (κ2) is 16.0. The monoisotopic (exact) mass is 861 g/mol. The first-order valence-electron chi connectivity index (χ1n) is 20.8. The summed E-state index contributed by atoms with van der Waals surface area (Å²) >= 11 is 0. The maximum Gasteiger partial charge on any atom is 0.427 e. The number of nitrogens with one attached hydrogen (secondary N) is 3. The number of nitrogens with zero attached hydrogens (tertiary/aromatic N) is 2. The molecule has 60 heavy (non-hydrogen) atoms. The first-order valence-corrected chi connectivity index (χ1v) is 22.3. The Kier molecular flexibility index (Phi) is 11.6. The van der Waals surface area contributed by atoms with Crippen LogP contribution in [0.2, 0.25) is 0 Å². The number of sulfonamides is 1. The van der Waals surface area contributed by atoms with Gasteiger partial charge in [-0.25, -0.2) is 18.2 Å². The molecule has 7 rings (SSSR count). The van der Waals surface area contributed by atoms with Crippen molar-refractivity contribution in [3.05, 3.63) is 42.1 Å². The summed E-state index contributed by atoms with van der Waals surface area (Å²) in [7, 11) is -4.09. The summed E-state index contributed by atoms with van der Waals surface area (Å²) in [6.07, 6.45) is 2.40. The molecule has 1 aromatic carbocycles. The van der Waals surface area contributed by atoms with Crippen molar-refractivity contribution in [3.63, 3.8) is 0 Å². The molecule has 4 amide bonds. The highest BCUT2D eigenvalue weighted by Crippen LogP contribution is 2.49. The van der Waals surface area contributed by atoms with Crippen LogP contribution in [-0.4, -0.2) is 95.5 Å². The minimum Gasteiger partial charge on any atom is -0.493 e. The van der Waals surface area contributed by atoms with E-state index in [-0.39, 0.29) is 31.2 Å². The zero-order valence-corrected chi connectivity index (χ0v) is 35.3. The summed E-state index contributed by atoms with van der Waals surface area (Å²) < 4.78 is 86.7. The summed E-state index contributed by atoms with van der Waals surface area (Å²) in [5, 5.41) is 6.65. The van der Waals surface area contributed by atoms with Crippen LogP contribution in [0, 0.1) is 17.8 Å². The number of allylic oxidation sites excluding steroid dienone is 1. The summed E-state index contributed by atoms with van der Waals surface area (Å²) in [5.74, 6) is -2.68. The van der Waals surface area contributed by atoms with Crippen molar-refractivity contribution in [1.29, 1.82) is 0 Å². The Morgan fingerprint density at radius 2 is 1.85 bits per heavy atom. The van der Waals surface area contributed by atoms with Crippen molar-refractivity contribution in [2.24, 2.45) is 17.8 Å². The largest absolute Gasteiger partial charge is 0.493 e. The van der Waals surface area contributed by atoms with Gasteiger partial charge in [0, 0.05) is 29.3 Å². The maximum atomic E-state index is 14.8. The lowest BCUT2D eigenvalue weighted by Crippen LogP contribution is -2.60. The number of ether oxygens (including phenoxy) is 3. The number of alkyl carbamates (subject to hydrolysis) is 1. The number of fused-ring (bicyclic) bond motifs is 5. The average Bonchev–Trinajstić information content (AvgIpc) is 4.09. The number of aryl methyl sites for hydroxylation is 1. The quantitative estimate of drug-likeness (QED) is 0.282. The highest BCUT2D eigenvalue weighted by molar-refractivity contribution is 7.91. The third kappa shape index (κ3) is 8.36. The number of benzene rings is 1. The number of aromatic nitrogens is 1. The van der Waals surface area contributed by atoms with E-state index in [1.807, 2.05) is 31.2 Å². The van der Waals surface area contributed by atoms with Gasteiger partial charge >= 0.3 is 12.3 Å². The van der Waals surface area contributed by atoms with Crippen molar-refractivity contribution < 1.29 is 55.0 Å². The summed E-state index contributed by atoms with van der Waals surface area (Å²) in [5.41, 5.74) is -3.48. The van der Waals surface area contributed by atoms with E-state index in [0.717, 1.165) is 29.5 Å². The van der Waals surface area contributed by atoms with E-state index in [9.17, 15) is 40.8 Å². The van der Waals surface area contributed by atoms with Gasteiger partial charge in [-0.1, -0.05) is 39.0 Å². The number of hydrogen-bond donors (Lipinski definition) is 3. The molecule has 3 N–H and O–H groups in total. The Bertz CT molecular complexity index is 2180. The second-order valence-electron chi connectivity index (χ2n) is 17.8. The number of carbonyl (C=O) groups is 4. The Morgan fingerprint density at radius 3 is 2.55 bits per heavy atom. The van der Waals surface area contributed by atoms with E-state index in [0.29, 0.717) is 64.4 Å². The number of hydrogen-bond acceptors (Lipinski definition) is 10. The molecule has 14 nitrogen and oxygen atoms in total. The molecule has 2 aliphatic carbocycles. The van der Waals surface area contributed by atoms with Gasteiger partial charge < -0.3 is 29.7 Å². The van der Waals surface area contributed by atoms with Crippen LogP contribution in [0.5, 0.6) is 11.6 Å². The first-order chi connectivity index (χ1) is 28.2. The van der Waals surface area contributed by atoms with Crippen molar-refractivity contribution in [1.82, 2.24) is 25.2 Å². The minimum absolute atomic E-state index is 0.0342. The minimum atomic E-state index is -4.91. The van der Waals surface area contributed by atoms with Crippen LogP contribution in [0.1, 0.15) is 98.0 Å². The normalized spacial score (nSPS) is 29.9. The van der Waals surface area contributed by atoms with Gasteiger partial charge in [0.2, 0.25) is 33.3 Å². The van der Waals surface area contributed by atoms with E-state index in [1.165, 1.54) is 4.90 Å². The van der Waals surface area contributed by atoms with E-state index >= 15 is 0 Å². The lowest BCUT2D eigenvalue weighted by molar-refractivity contribution is -0.244. The van der Waals surface area contributed by atoms with Crippen molar-refractivity contribution in [2.45, 2.75) is 139 Å². The van der Waals surface area contributed by atoms with Gasteiger partial charge in [-0.2, -0.15) is 13.2 Å². The summed E-state index contributed by atoms with van der Waals surface area (Å²) in [4.78, 5) is 62.4. The predicted molar refractivity (Wildman–Crippen MR) is 213 cm³/mol. The average molecular weight is 862 g/mol. The molecule has 3 aliphatic heterocycles. The molecule has 3 fully saturated rings. The zero-order chi connectivity index (χ0) is 43.4. The molecule has 0 bridgehead atoms. The highest BCUT2D eigenvalue weighted by atomic mass is 32.2. The molecule has 0 spiro atoms. The van der Waals surface area contributed by atoms with Crippen molar-refractivity contribution in [2.75, 3.05) is 13.2 Å². The van der Waals surface area contributed by atoms with Gasteiger partial charge in [-0.05, 0) is 101 Å². The molecular formula is C42H54F3N5O9S. The molecule has 2 saturated carbocycles. The van der Waals surface area contributed by atoms with Gasteiger partial charge in [0.05, 0.1) is 17.9 Å². The smallest absolute Gasteiger partial charge is 0.427 e. The number of carbonyl (C=O) groups excluding carboxylic acids is 4. The van der Waals surface area contributed by atoms with Crippen LogP contribution in [0.25, 0.3) is 10.8 Å². The van der Waals surface area contributed by atoms with Gasteiger partial charge in [-0.3, -0.25) is 19.1 Å². The van der Waals surface area contributed by atoms with Crippen LogP contribution in [0.3, 0.4) is 0 Å². The maximum absolute atomic E-state index is 14.8. The fourth-order valence-corrected chi connectivity index (χ4v) is 10.5. The van der Waals surface area contributed by atoms with E-state index in [4.69, 9.17) is 14.2 Å². The zero-order valence-electron chi connectivity index (χ0n) is 34.5. The SMILES string of the molecule is CCC1(S(=O)(=O)NC(=O)[C@@]23C[C@H]2/C=C\CC[C@H](C)C[C@@H](C)[C@H](NC(=O)OC(C)(C)C(F)(F)F)C(=O)N2C[C@H](Oc4nccc5c6c(ccc45)CCCO6)C[C@H]2C(=O)N3)CC1. The number of halogens is 3. The van der Waals surface area contributed by atoms with Gasteiger partial charge in [-0.15, -0.1) is 0 Å². The standard InChI is InChI=1S/C42H54F3N5O9S/c1-6-40(16-17-40)60(55,56)49-37(53)41-22-27(41)12-8-7-10-24(2)20-25(3)32(47-38(54)59-39(4,5)42(43,44)45)36(52)50-23-28(21-31(50)34(51)48-41)58-35-30-14-13-26-11-9-19-57-33(26)29(30)15-18-46-35/h8,12-15,18,24-25,27-28,31-32H,6-7,9-11,16-17,19-23H2,1-5H3,(H,47,54)(H,48,51)(H,49,53)/b12-8-/t24-,25+,27+,28+,31-,32-,41+/m0/s1. The predicted octanol–water partition coefficient (Wildman–Crippen LogP) is 5.62. The Balaban J connectivity index is 1.23.